The van der Waals surface area contributed by atoms with E-state index in [1.807, 2.05) is 5.51 Å². The Hall–Kier alpha value is -0.410. The fourth-order valence-electron chi connectivity index (χ4n) is 2.15. The smallest absolute Gasteiger partial charge is 0.0794 e. The Balaban J connectivity index is 2.55. The quantitative estimate of drug-likeness (QED) is 0.764. The third-order valence-electron chi connectivity index (χ3n) is 3.59. The van der Waals surface area contributed by atoms with Crippen molar-refractivity contribution in [2.75, 3.05) is 13.1 Å². The van der Waals surface area contributed by atoms with Crippen LogP contribution in [-0.4, -0.2) is 18.1 Å². The third kappa shape index (κ3) is 4.76. The molecular formula is C14H26N2S. The summed E-state index contributed by atoms with van der Waals surface area (Å²) in [6.07, 6.45) is 3.53. The van der Waals surface area contributed by atoms with Gasteiger partial charge in [-0.25, -0.2) is 4.98 Å². The minimum Gasteiger partial charge on any atom is -0.316 e. The number of hydrogen-bond acceptors (Lipinski definition) is 3. The van der Waals surface area contributed by atoms with Gasteiger partial charge in [-0.15, -0.1) is 11.3 Å². The lowest BCUT2D eigenvalue weighted by molar-refractivity contribution is 0.241. The summed E-state index contributed by atoms with van der Waals surface area (Å²) in [5.41, 5.74) is 3.57. The molecular weight excluding hydrogens is 228 g/mol. The summed E-state index contributed by atoms with van der Waals surface area (Å²) in [4.78, 5) is 4.43. The van der Waals surface area contributed by atoms with Crippen LogP contribution in [0.3, 0.4) is 0 Å². The molecule has 0 spiro atoms. The van der Waals surface area contributed by atoms with Crippen LogP contribution >= 0.6 is 11.3 Å². The summed E-state index contributed by atoms with van der Waals surface area (Å²) in [5, 5.41) is 5.80. The van der Waals surface area contributed by atoms with E-state index < -0.39 is 0 Å². The molecule has 0 aliphatic carbocycles. The molecule has 1 rings (SSSR count). The van der Waals surface area contributed by atoms with Crippen molar-refractivity contribution in [3.05, 3.63) is 16.6 Å². The van der Waals surface area contributed by atoms with Crippen molar-refractivity contribution in [1.29, 1.82) is 0 Å². The van der Waals surface area contributed by atoms with Crippen molar-refractivity contribution in [3.8, 4) is 0 Å². The molecule has 0 unspecified atom stereocenters. The van der Waals surface area contributed by atoms with E-state index in [4.69, 9.17) is 0 Å². The first-order chi connectivity index (χ1) is 8.12. The molecule has 1 aromatic heterocycles. The van der Waals surface area contributed by atoms with Gasteiger partial charge in [0.1, 0.15) is 0 Å². The van der Waals surface area contributed by atoms with Gasteiger partial charge >= 0.3 is 0 Å². The van der Waals surface area contributed by atoms with Gasteiger partial charge in [-0.1, -0.05) is 27.7 Å². The lowest BCUT2D eigenvalue weighted by Gasteiger charge is -2.32. The molecule has 0 aromatic carbocycles. The molecule has 0 atom stereocenters. The van der Waals surface area contributed by atoms with E-state index in [1.54, 1.807) is 11.3 Å². The van der Waals surface area contributed by atoms with Crippen molar-refractivity contribution in [3.63, 3.8) is 0 Å². The van der Waals surface area contributed by atoms with E-state index in [9.17, 15) is 0 Å². The van der Waals surface area contributed by atoms with Crippen molar-refractivity contribution >= 4 is 11.3 Å². The van der Waals surface area contributed by atoms with Gasteiger partial charge in [0, 0.05) is 11.9 Å². The SMILES string of the molecule is CCC(CC)(CNCC(C)C)Cc1cscn1. The minimum absolute atomic E-state index is 0.378. The summed E-state index contributed by atoms with van der Waals surface area (Å²) >= 11 is 1.70. The number of nitrogens with zero attached hydrogens (tertiary/aromatic N) is 1. The standard InChI is InChI=1S/C14H26N2S/c1-5-14(6-2,10-15-8-12(3)4)7-13-9-17-11-16-13/h9,11-12,15H,5-8,10H2,1-4H3. The summed E-state index contributed by atoms with van der Waals surface area (Å²) in [6, 6.07) is 0. The number of aromatic nitrogens is 1. The Morgan fingerprint density at radius 2 is 2.06 bits per heavy atom. The molecule has 0 saturated heterocycles. The zero-order chi connectivity index (χ0) is 12.7. The van der Waals surface area contributed by atoms with Gasteiger partial charge < -0.3 is 5.32 Å². The van der Waals surface area contributed by atoms with Gasteiger partial charge in [-0.2, -0.15) is 0 Å². The molecule has 0 aliphatic heterocycles. The van der Waals surface area contributed by atoms with Crippen LogP contribution < -0.4 is 5.32 Å². The topological polar surface area (TPSA) is 24.9 Å². The second-order valence-corrected chi connectivity index (χ2v) is 6.11. The van der Waals surface area contributed by atoms with Crippen molar-refractivity contribution < 1.29 is 0 Å². The Morgan fingerprint density at radius 1 is 1.35 bits per heavy atom. The fraction of sp³-hybridized carbons (Fsp3) is 0.786. The van der Waals surface area contributed by atoms with Crippen LogP contribution in [0.2, 0.25) is 0 Å². The van der Waals surface area contributed by atoms with E-state index in [0.29, 0.717) is 5.41 Å². The molecule has 0 aliphatic rings. The van der Waals surface area contributed by atoms with E-state index in [0.717, 1.165) is 25.4 Å². The zero-order valence-corrected chi connectivity index (χ0v) is 12.4. The predicted octanol–water partition coefficient (Wildman–Crippen LogP) is 3.74. The number of rotatable bonds is 8. The maximum Gasteiger partial charge on any atom is 0.0794 e. The molecule has 0 radical (unpaired) electrons. The van der Waals surface area contributed by atoms with Gasteiger partial charge in [-0.05, 0) is 37.1 Å². The first kappa shape index (κ1) is 14.7. The number of hydrogen-bond donors (Lipinski definition) is 1. The molecule has 98 valence electrons. The molecule has 0 fully saturated rings. The van der Waals surface area contributed by atoms with E-state index in [2.05, 4.69) is 43.4 Å². The van der Waals surface area contributed by atoms with Crippen LogP contribution in [0.4, 0.5) is 0 Å². The fourth-order valence-corrected chi connectivity index (χ4v) is 2.71. The van der Waals surface area contributed by atoms with Crippen LogP contribution in [0.15, 0.2) is 10.9 Å². The number of nitrogens with one attached hydrogen (secondary N) is 1. The highest BCUT2D eigenvalue weighted by atomic mass is 32.1. The predicted molar refractivity (Wildman–Crippen MR) is 76.5 cm³/mol. The Morgan fingerprint density at radius 3 is 2.53 bits per heavy atom. The van der Waals surface area contributed by atoms with Crippen molar-refractivity contribution in [2.24, 2.45) is 11.3 Å². The summed E-state index contributed by atoms with van der Waals surface area (Å²) in [6.45, 7) is 11.3. The van der Waals surface area contributed by atoms with Gasteiger partial charge in [-0.3, -0.25) is 0 Å². The monoisotopic (exact) mass is 254 g/mol. The molecule has 1 aromatic rings. The van der Waals surface area contributed by atoms with E-state index in [1.165, 1.54) is 18.5 Å². The maximum absolute atomic E-state index is 4.43. The zero-order valence-electron chi connectivity index (χ0n) is 11.6. The van der Waals surface area contributed by atoms with Gasteiger partial charge in [0.15, 0.2) is 0 Å². The van der Waals surface area contributed by atoms with Crippen LogP contribution in [-0.2, 0) is 6.42 Å². The normalized spacial score (nSPS) is 12.3. The lowest BCUT2D eigenvalue weighted by Crippen LogP contribution is -2.37. The minimum atomic E-state index is 0.378. The molecule has 0 saturated carbocycles. The number of thiazole rings is 1. The summed E-state index contributed by atoms with van der Waals surface area (Å²) < 4.78 is 0. The van der Waals surface area contributed by atoms with Crippen LogP contribution in [0.1, 0.15) is 46.2 Å². The second-order valence-electron chi connectivity index (χ2n) is 5.39. The average Bonchev–Trinajstić information content (AvgIpc) is 2.80. The first-order valence-corrected chi connectivity index (χ1v) is 7.64. The van der Waals surface area contributed by atoms with Crippen LogP contribution in [0.25, 0.3) is 0 Å². The Labute approximate surface area is 110 Å². The van der Waals surface area contributed by atoms with Crippen molar-refractivity contribution in [2.45, 2.75) is 47.0 Å². The molecule has 1 heterocycles. The highest BCUT2D eigenvalue weighted by Gasteiger charge is 2.26. The van der Waals surface area contributed by atoms with Crippen LogP contribution in [0.5, 0.6) is 0 Å². The summed E-state index contributed by atoms with van der Waals surface area (Å²) in [7, 11) is 0. The maximum atomic E-state index is 4.43. The lowest BCUT2D eigenvalue weighted by atomic mass is 9.78. The molecule has 3 heteroatoms. The van der Waals surface area contributed by atoms with E-state index >= 15 is 0 Å². The second kappa shape index (κ2) is 7.12. The van der Waals surface area contributed by atoms with Crippen LogP contribution in [0, 0.1) is 11.3 Å². The van der Waals surface area contributed by atoms with Crippen molar-refractivity contribution in [1.82, 2.24) is 10.3 Å². The molecule has 0 bridgehead atoms. The van der Waals surface area contributed by atoms with Gasteiger partial charge in [0.25, 0.3) is 0 Å². The highest BCUT2D eigenvalue weighted by molar-refractivity contribution is 7.07. The third-order valence-corrected chi connectivity index (χ3v) is 4.23. The molecule has 17 heavy (non-hydrogen) atoms. The summed E-state index contributed by atoms with van der Waals surface area (Å²) in [5.74, 6) is 0.723. The largest absolute Gasteiger partial charge is 0.316 e. The first-order valence-electron chi connectivity index (χ1n) is 6.69. The van der Waals surface area contributed by atoms with E-state index in [-0.39, 0.29) is 0 Å². The Kier molecular flexibility index (Phi) is 6.14. The molecule has 0 amide bonds. The Bertz CT molecular complexity index is 289. The molecule has 2 nitrogen and oxygen atoms in total. The molecule has 1 N–H and O–H groups in total. The van der Waals surface area contributed by atoms with Gasteiger partial charge in [0.05, 0.1) is 11.2 Å². The highest BCUT2D eigenvalue weighted by Crippen LogP contribution is 2.30. The van der Waals surface area contributed by atoms with Gasteiger partial charge in [0.2, 0.25) is 0 Å². The average molecular weight is 254 g/mol.